The maximum Gasteiger partial charge on any atom is 0.225 e. The van der Waals surface area contributed by atoms with Crippen LogP contribution in [0.3, 0.4) is 0 Å². The topological polar surface area (TPSA) is 61.7 Å². The second-order valence-electron chi connectivity index (χ2n) is 7.81. The molecule has 0 spiro atoms. The van der Waals surface area contributed by atoms with Crippen LogP contribution >= 0.6 is 23.2 Å². The minimum absolute atomic E-state index is 0.220. The summed E-state index contributed by atoms with van der Waals surface area (Å²) in [6.07, 6.45) is 2.60. The van der Waals surface area contributed by atoms with Gasteiger partial charge in [-0.1, -0.05) is 47.5 Å². The number of anilines is 1. The fourth-order valence-corrected chi connectivity index (χ4v) is 4.06. The lowest BCUT2D eigenvalue weighted by molar-refractivity contribution is -0.00896. The van der Waals surface area contributed by atoms with Crippen molar-refractivity contribution < 1.29 is 9.84 Å². The molecule has 32 heavy (non-hydrogen) atoms. The number of rotatable bonds is 8. The zero-order chi connectivity index (χ0) is 22.3. The molecule has 1 fully saturated rings. The average Bonchev–Trinajstić information content (AvgIpc) is 2.82. The van der Waals surface area contributed by atoms with E-state index in [1.165, 1.54) is 0 Å². The molecule has 2 heterocycles. The van der Waals surface area contributed by atoms with E-state index >= 15 is 0 Å². The Hall–Kier alpha value is -2.22. The highest BCUT2D eigenvalue weighted by molar-refractivity contribution is 6.30. The van der Waals surface area contributed by atoms with Crippen molar-refractivity contribution in [1.82, 2.24) is 14.9 Å². The van der Waals surface area contributed by atoms with E-state index < -0.39 is 6.10 Å². The zero-order valence-electron chi connectivity index (χ0n) is 17.6. The van der Waals surface area contributed by atoms with E-state index in [-0.39, 0.29) is 12.7 Å². The van der Waals surface area contributed by atoms with Gasteiger partial charge in [0.05, 0.1) is 12.7 Å². The highest BCUT2D eigenvalue weighted by Gasteiger charge is 2.22. The van der Waals surface area contributed by atoms with Gasteiger partial charge in [0.1, 0.15) is 6.10 Å². The summed E-state index contributed by atoms with van der Waals surface area (Å²) in [4.78, 5) is 13.0. The minimum atomic E-state index is -0.600. The van der Waals surface area contributed by atoms with Crippen LogP contribution < -0.4 is 4.90 Å². The van der Waals surface area contributed by atoms with Gasteiger partial charge in [-0.25, -0.2) is 9.97 Å². The van der Waals surface area contributed by atoms with Crippen molar-refractivity contribution in [3.8, 4) is 0 Å². The van der Waals surface area contributed by atoms with Crippen LogP contribution in [0, 0.1) is 0 Å². The predicted octanol–water partition coefficient (Wildman–Crippen LogP) is 4.07. The number of nitrogens with zero attached hydrogens (tertiary/aromatic N) is 4. The molecular formula is C24H26Cl2N4O2. The van der Waals surface area contributed by atoms with Gasteiger partial charge in [-0.15, -0.1) is 0 Å². The molecule has 0 bridgehead atoms. The maximum atomic E-state index is 10.7. The Labute approximate surface area is 198 Å². The second-order valence-corrected chi connectivity index (χ2v) is 8.68. The van der Waals surface area contributed by atoms with Gasteiger partial charge >= 0.3 is 0 Å². The van der Waals surface area contributed by atoms with Gasteiger partial charge in [-0.05, 0) is 41.5 Å². The highest BCUT2D eigenvalue weighted by Crippen LogP contribution is 2.28. The van der Waals surface area contributed by atoms with E-state index in [9.17, 15) is 5.11 Å². The lowest BCUT2D eigenvalue weighted by atomic mass is 10.0. The van der Waals surface area contributed by atoms with Crippen molar-refractivity contribution in [3.63, 3.8) is 0 Å². The molecule has 0 amide bonds. The quantitative estimate of drug-likeness (QED) is 0.532. The third-order valence-electron chi connectivity index (χ3n) is 5.48. The first-order valence-corrected chi connectivity index (χ1v) is 11.4. The molecule has 1 saturated heterocycles. The number of hydrogen-bond donors (Lipinski definition) is 1. The first-order valence-electron chi connectivity index (χ1n) is 10.6. The third-order valence-corrected chi connectivity index (χ3v) is 5.98. The SMILES string of the molecule is O[C@H](COC(c1ccc(Cl)cc1)c1ccc(Cl)cc1)CN1CCN(c2ncccn2)CC1. The first kappa shape index (κ1) is 23.0. The molecule has 1 aromatic heterocycles. The smallest absolute Gasteiger partial charge is 0.225 e. The Bertz CT molecular complexity index is 920. The van der Waals surface area contributed by atoms with Gasteiger partial charge < -0.3 is 14.7 Å². The molecule has 1 N–H and O–H groups in total. The van der Waals surface area contributed by atoms with Gasteiger partial charge in [0.15, 0.2) is 0 Å². The highest BCUT2D eigenvalue weighted by atomic mass is 35.5. The average molecular weight is 473 g/mol. The molecule has 2 aromatic carbocycles. The standard InChI is InChI=1S/C24H26Cl2N4O2/c25-20-6-2-18(3-7-20)23(19-4-8-21(26)9-5-19)32-17-22(31)16-29-12-14-30(15-13-29)24-27-10-1-11-28-24/h1-11,22-23,31H,12-17H2/t22-/m0/s1. The molecule has 1 atom stereocenters. The fraction of sp³-hybridized carbons (Fsp3) is 0.333. The molecule has 0 unspecified atom stereocenters. The van der Waals surface area contributed by atoms with Gasteiger partial charge in [0, 0.05) is 55.2 Å². The number of β-amino-alcohol motifs (C(OH)–C–C–N with tert-alkyl or cyclic N) is 1. The number of piperazine rings is 1. The molecule has 168 valence electrons. The largest absolute Gasteiger partial charge is 0.389 e. The molecule has 4 rings (SSSR count). The summed E-state index contributed by atoms with van der Waals surface area (Å²) in [5.74, 6) is 0.754. The van der Waals surface area contributed by atoms with Gasteiger partial charge in [0.2, 0.25) is 5.95 Å². The Morgan fingerprint density at radius 2 is 1.38 bits per heavy atom. The summed E-state index contributed by atoms with van der Waals surface area (Å²) in [5, 5.41) is 12.0. The third kappa shape index (κ3) is 6.18. The van der Waals surface area contributed by atoms with E-state index in [0.29, 0.717) is 16.6 Å². The van der Waals surface area contributed by atoms with Crippen molar-refractivity contribution in [2.75, 3.05) is 44.2 Å². The van der Waals surface area contributed by atoms with Crippen LogP contribution in [-0.2, 0) is 4.74 Å². The number of benzene rings is 2. The number of ether oxygens (including phenoxy) is 1. The monoisotopic (exact) mass is 472 g/mol. The minimum Gasteiger partial charge on any atom is -0.389 e. The Kier molecular flexibility index (Phi) is 7.95. The summed E-state index contributed by atoms with van der Waals surface area (Å²) in [7, 11) is 0. The molecule has 0 saturated carbocycles. The van der Waals surface area contributed by atoms with Crippen molar-refractivity contribution >= 4 is 29.2 Å². The molecule has 6 nitrogen and oxygen atoms in total. The van der Waals surface area contributed by atoms with Gasteiger partial charge in [0.25, 0.3) is 0 Å². The molecule has 8 heteroatoms. The number of aromatic nitrogens is 2. The van der Waals surface area contributed by atoms with E-state index in [1.807, 2.05) is 54.6 Å². The number of hydrogen-bond acceptors (Lipinski definition) is 6. The van der Waals surface area contributed by atoms with Crippen LogP contribution in [0.2, 0.25) is 10.0 Å². The number of aliphatic hydroxyl groups excluding tert-OH is 1. The van der Waals surface area contributed by atoms with E-state index in [4.69, 9.17) is 27.9 Å². The number of halogens is 2. The van der Waals surface area contributed by atoms with Crippen molar-refractivity contribution in [2.45, 2.75) is 12.2 Å². The summed E-state index contributed by atoms with van der Waals surface area (Å²) in [6.45, 7) is 4.11. The second kappa shape index (κ2) is 11.1. The fourth-order valence-electron chi connectivity index (χ4n) is 3.80. The van der Waals surface area contributed by atoms with Crippen molar-refractivity contribution in [3.05, 3.63) is 88.2 Å². The summed E-state index contributed by atoms with van der Waals surface area (Å²) in [6, 6.07) is 17.0. The maximum absolute atomic E-state index is 10.7. The van der Waals surface area contributed by atoms with E-state index in [0.717, 1.165) is 43.3 Å². The molecule has 0 aliphatic carbocycles. The molecule has 3 aromatic rings. The molecule has 1 aliphatic rings. The van der Waals surface area contributed by atoms with Crippen LogP contribution in [0.25, 0.3) is 0 Å². The molecule has 0 radical (unpaired) electrons. The Balaban J connectivity index is 1.33. The van der Waals surface area contributed by atoms with Crippen molar-refractivity contribution in [1.29, 1.82) is 0 Å². The lowest BCUT2D eigenvalue weighted by Crippen LogP contribution is -2.49. The first-order chi connectivity index (χ1) is 15.6. The van der Waals surface area contributed by atoms with E-state index in [1.54, 1.807) is 12.4 Å². The van der Waals surface area contributed by atoms with Crippen LogP contribution in [0.1, 0.15) is 17.2 Å². The Morgan fingerprint density at radius 3 is 1.91 bits per heavy atom. The summed E-state index contributed by atoms with van der Waals surface area (Å²) >= 11 is 12.1. The normalized spacial score (nSPS) is 15.8. The van der Waals surface area contributed by atoms with Crippen LogP contribution in [0.4, 0.5) is 5.95 Å². The lowest BCUT2D eigenvalue weighted by Gasteiger charge is -2.35. The van der Waals surface area contributed by atoms with Crippen LogP contribution in [-0.4, -0.2) is 65.4 Å². The number of aliphatic hydroxyl groups is 1. The Morgan fingerprint density at radius 1 is 0.844 bits per heavy atom. The van der Waals surface area contributed by atoms with E-state index in [2.05, 4.69) is 19.8 Å². The molecule has 1 aliphatic heterocycles. The zero-order valence-corrected chi connectivity index (χ0v) is 19.2. The van der Waals surface area contributed by atoms with Crippen LogP contribution in [0.5, 0.6) is 0 Å². The molecular weight excluding hydrogens is 447 g/mol. The van der Waals surface area contributed by atoms with Gasteiger partial charge in [-0.3, -0.25) is 4.90 Å². The van der Waals surface area contributed by atoms with Crippen molar-refractivity contribution in [2.24, 2.45) is 0 Å². The predicted molar refractivity (Wildman–Crippen MR) is 127 cm³/mol. The van der Waals surface area contributed by atoms with Gasteiger partial charge in [-0.2, -0.15) is 0 Å². The van der Waals surface area contributed by atoms with Crippen LogP contribution in [0.15, 0.2) is 67.0 Å². The summed E-state index contributed by atoms with van der Waals surface area (Å²) in [5.41, 5.74) is 1.95. The summed E-state index contributed by atoms with van der Waals surface area (Å²) < 4.78 is 6.19.